The van der Waals surface area contributed by atoms with Crippen LogP contribution in [0.15, 0.2) is 12.1 Å². The molecule has 0 spiro atoms. The molecule has 11 heteroatoms. The molecule has 2 aromatic rings. The van der Waals surface area contributed by atoms with E-state index in [1.54, 1.807) is 31.3 Å². The highest BCUT2D eigenvalue weighted by Crippen LogP contribution is 2.40. The van der Waals surface area contributed by atoms with E-state index >= 15 is 0 Å². The van der Waals surface area contributed by atoms with Crippen molar-refractivity contribution < 1.29 is 28.6 Å². The van der Waals surface area contributed by atoms with Gasteiger partial charge in [-0.05, 0) is 12.1 Å². The number of fused-ring (bicyclic) bond motifs is 1. The van der Waals surface area contributed by atoms with E-state index in [1.165, 1.54) is 11.3 Å². The lowest BCUT2D eigenvalue weighted by Gasteiger charge is -2.29. The Morgan fingerprint density at radius 3 is 2.44 bits per heavy atom. The number of methoxy groups -OCH3 is 2. The first-order valence-electron chi connectivity index (χ1n) is 10.5. The molecular weight excluding hydrogens is 436 g/mol. The van der Waals surface area contributed by atoms with Gasteiger partial charge in [-0.15, -0.1) is 0 Å². The lowest BCUT2D eigenvalue weighted by molar-refractivity contribution is -0.141. The van der Waals surface area contributed by atoms with E-state index in [-0.39, 0.29) is 37.1 Å². The van der Waals surface area contributed by atoms with Crippen molar-refractivity contribution in [2.45, 2.75) is 12.8 Å². The van der Waals surface area contributed by atoms with Gasteiger partial charge in [0.2, 0.25) is 17.7 Å². The summed E-state index contributed by atoms with van der Waals surface area (Å²) < 4.78 is 17.1. The molecule has 0 aliphatic carbocycles. The van der Waals surface area contributed by atoms with E-state index in [2.05, 4.69) is 9.88 Å². The Bertz CT molecular complexity index is 962. The average Bonchev–Trinajstić information content (AvgIpc) is 3.38. The number of rotatable bonds is 8. The molecule has 1 aromatic carbocycles. The van der Waals surface area contributed by atoms with E-state index in [0.717, 1.165) is 22.7 Å². The van der Waals surface area contributed by atoms with Crippen molar-refractivity contribution in [3.8, 4) is 11.5 Å². The molecule has 3 amide bonds. The van der Waals surface area contributed by atoms with E-state index in [0.29, 0.717) is 48.5 Å². The standard InChI is InChI=1S/C21H26N4O6S/c1-29-14-3-4-15(30-2)20-19(14)22-21(32-20)24(8-7-23-9-11-31-12-10-23)18(28)13-25-16(26)5-6-17(25)27/h3-4H,5-13H2,1-2H3. The normalized spacial score (nSPS) is 17.2. The fraction of sp³-hybridized carbons (Fsp3) is 0.524. The number of hydrogen-bond acceptors (Lipinski definition) is 9. The highest BCUT2D eigenvalue weighted by Gasteiger charge is 2.33. The lowest BCUT2D eigenvalue weighted by Crippen LogP contribution is -2.47. The monoisotopic (exact) mass is 462 g/mol. The molecule has 2 fully saturated rings. The zero-order chi connectivity index (χ0) is 22.7. The molecular formula is C21H26N4O6S. The highest BCUT2D eigenvalue weighted by atomic mass is 32.1. The van der Waals surface area contributed by atoms with Crippen molar-refractivity contribution in [1.29, 1.82) is 0 Å². The van der Waals surface area contributed by atoms with Gasteiger partial charge in [-0.3, -0.25) is 29.1 Å². The van der Waals surface area contributed by atoms with Crippen LogP contribution in [0.1, 0.15) is 12.8 Å². The van der Waals surface area contributed by atoms with Crippen LogP contribution in [0.5, 0.6) is 11.5 Å². The van der Waals surface area contributed by atoms with Crippen molar-refractivity contribution in [2.24, 2.45) is 0 Å². The van der Waals surface area contributed by atoms with E-state index in [1.807, 2.05) is 0 Å². The average molecular weight is 463 g/mol. The minimum Gasteiger partial charge on any atom is -0.495 e. The van der Waals surface area contributed by atoms with Gasteiger partial charge in [0.05, 0.1) is 27.4 Å². The summed E-state index contributed by atoms with van der Waals surface area (Å²) in [5.74, 6) is 0.232. The summed E-state index contributed by atoms with van der Waals surface area (Å²) >= 11 is 1.32. The van der Waals surface area contributed by atoms with Crippen LogP contribution in [0.2, 0.25) is 0 Å². The second-order valence-electron chi connectivity index (χ2n) is 7.52. The molecule has 32 heavy (non-hydrogen) atoms. The second-order valence-corrected chi connectivity index (χ2v) is 8.49. The summed E-state index contributed by atoms with van der Waals surface area (Å²) in [6, 6.07) is 3.57. The highest BCUT2D eigenvalue weighted by molar-refractivity contribution is 7.22. The lowest BCUT2D eigenvalue weighted by atomic mass is 10.3. The van der Waals surface area contributed by atoms with Crippen LogP contribution in [0.4, 0.5) is 5.13 Å². The minimum atomic E-state index is -0.348. The first kappa shape index (κ1) is 22.4. The number of morpholine rings is 1. The van der Waals surface area contributed by atoms with Gasteiger partial charge in [0.25, 0.3) is 0 Å². The van der Waals surface area contributed by atoms with Crippen LogP contribution < -0.4 is 14.4 Å². The van der Waals surface area contributed by atoms with Gasteiger partial charge in [0, 0.05) is 39.0 Å². The molecule has 3 heterocycles. The number of anilines is 1. The predicted octanol–water partition coefficient (Wildman–Crippen LogP) is 1.13. The quantitative estimate of drug-likeness (QED) is 0.538. The maximum absolute atomic E-state index is 13.3. The van der Waals surface area contributed by atoms with Crippen LogP contribution in [0.25, 0.3) is 10.2 Å². The summed E-state index contributed by atoms with van der Waals surface area (Å²) in [7, 11) is 3.14. The second kappa shape index (κ2) is 9.80. The van der Waals surface area contributed by atoms with Crippen molar-refractivity contribution in [3.05, 3.63) is 12.1 Å². The summed E-state index contributed by atoms with van der Waals surface area (Å²) in [6.07, 6.45) is 0.296. The number of amides is 3. The largest absolute Gasteiger partial charge is 0.495 e. The molecule has 4 rings (SSSR count). The molecule has 0 radical (unpaired) electrons. The summed E-state index contributed by atoms with van der Waals surface area (Å²) in [6.45, 7) is 3.59. The molecule has 2 aliphatic heterocycles. The Kier molecular flexibility index (Phi) is 6.87. The molecule has 0 bridgehead atoms. The number of thiazole rings is 1. The molecule has 2 saturated heterocycles. The maximum atomic E-state index is 13.3. The first-order chi connectivity index (χ1) is 15.5. The van der Waals surface area contributed by atoms with Gasteiger partial charge in [-0.1, -0.05) is 11.3 Å². The van der Waals surface area contributed by atoms with Gasteiger partial charge < -0.3 is 14.2 Å². The van der Waals surface area contributed by atoms with E-state index in [4.69, 9.17) is 14.2 Å². The fourth-order valence-corrected chi connectivity index (χ4v) is 4.92. The molecule has 0 saturated carbocycles. The summed E-state index contributed by atoms with van der Waals surface area (Å²) in [5, 5.41) is 0.472. The van der Waals surface area contributed by atoms with E-state index < -0.39 is 0 Å². The zero-order valence-corrected chi connectivity index (χ0v) is 19.0. The minimum absolute atomic E-state index is 0.148. The van der Waals surface area contributed by atoms with Gasteiger partial charge in [0.15, 0.2) is 5.13 Å². The molecule has 0 N–H and O–H groups in total. The molecule has 172 valence electrons. The van der Waals surface area contributed by atoms with Crippen LogP contribution in [0, 0.1) is 0 Å². The third-order valence-electron chi connectivity index (χ3n) is 5.62. The molecule has 10 nitrogen and oxygen atoms in total. The van der Waals surface area contributed by atoms with Gasteiger partial charge >= 0.3 is 0 Å². The number of imide groups is 1. The molecule has 0 unspecified atom stereocenters. The summed E-state index contributed by atoms with van der Waals surface area (Å²) in [5.41, 5.74) is 0.601. The third kappa shape index (κ3) is 4.54. The zero-order valence-electron chi connectivity index (χ0n) is 18.2. The Balaban J connectivity index is 1.63. The summed E-state index contributed by atoms with van der Waals surface area (Å²) in [4.78, 5) is 46.9. The van der Waals surface area contributed by atoms with Crippen molar-refractivity contribution in [2.75, 3.05) is 65.1 Å². The third-order valence-corrected chi connectivity index (χ3v) is 6.72. The van der Waals surface area contributed by atoms with Gasteiger partial charge in [0.1, 0.15) is 28.3 Å². The molecule has 2 aliphatic rings. The number of ether oxygens (including phenoxy) is 3. The SMILES string of the molecule is COc1ccc(OC)c2sc(N(CCN3CCOCC3)C(=O)CN3C(=O)CCC3=O)nc12. The van der Waals surface area contributed by atoms with E-state index in [9.17, 15) is 14.4 Å². The Morgan fingerprint density at radius 1 is 1.12 bits per heavy atom. The van der Waals surface area contributed by atoms with Crippen molar-refractivity contribution in [1.82, 2.24) is 14.8 Å². The molecule has 1 aromatic heterocycles. The number of benzene rings is 1. The van der Waals surface area contributed by atoms with Crippen LogP contribution in [0.3, 0.4) is 0 Å². The smallest absolute Gasteiger partial charge is 0.248 e. The number of aromatic nitrogens is 1. The topological polar surface area (TPSA) is 102 Å². The Labute approximate surface area is 189 Å². The number of nitrogens with zero attached hydrogens (tertiary/aromatic N) is 4. The van der Waals surface area contributed by atoms with Gasteiger partial charge in [-0.25, -0.2) is 4.98 Å². The van der Waals surface area contributed by atoms with Crippen molar-refractivity contribution >= 4 is 44.4 Å². The van der Waals surface area contributed by atoms with Crippen LogP contribution >= 0.6 is 11.3 Å². The van der Waals surface area contributed by atoms with Gasteiger partial charge in [-0.2, -0.15) is 0 Å². The first-order valence-corrected chi connectivity index (χ1v) is 11.3. The fourth-order valence-electron chi connectivity index (χ4n) is 3.80. The number of carbonyl (C=O) groups is 3. The molecule has 0 atom stereocenters. The predicted molar refractivity (Wildman–Crippen MR) is 118 cm³/mol. The maximum Gasteiger partial charge on any atom is 0.248 e. The number of likely N-dealkylation sites (tertiary alicyclic amines) is 1. The van der Waals surface area contributed by atoms with Crippen LogP contribution in [-0.4, -0.2) is 92.7 Å². The van der Waals surface area contributed by atoms with Crippen molar-refractivity contribution in [3.63, 3.8) is 0 Å². The Hall–Kier alpha value is -2.76. The number of carbonyl (C=O) groups excluding carboxylic acids is 3. The Morgan fingerprint density at radius 2 is 1.78 bits per heavy atom. The number of hydrogen-bond donors (Lipinski definition) is 0. The van der Waals surface area contributed by atoms with Crippen LogP contribution in [-0.2, 0) is 19.1 Å².